The molecule has 0 radical (unpaired) electrons. The van der Waals surface area contributed by atoms with Crippen LogP contribution >= 0.6 is 12.4 Å². The highest BCUT2D eigenvalue weighted by Crippen LogP contribution is 2.42. The van der Waals surface area contributed by atoms with Crippen LogP contribution in [0.2, 0.25) is 0 Å². The number of nitriles is 1. The highest BCUT2D eigenvalue weighted by Gasteiger charge is 2.39. The molecular weight excluding hydrogens is 489 g/mol. The SMILES string of the molecule is Cl.N#Cc1ccc2c(c1)[C@@H]1CN(CCC3CCC(NS(=O)(=O)c4ccc(F)cc4)CC3)C[C@H]1CO2. The van der Waals surface area contributed by atoms with Gasteiger partial charge in [0.1, 0.15) is 11.6 Å². The molecule has 2 fully saturated rings. The molecule has 2 aromatic rings. The van der Waals surface area contributed by atoms with Crippen LogP contribution in [0.3, 0.4) is 0 Å². The largest absolute Gasteiger partial charge is 0.493 e. The average molecular weight is 520 g/mol. The van der Waals surface area contributed by atoms with Crippen LogP contribution in [-0.2, 0) is 10.0 Å². The van der Waals surface area contributed by atoms with Gasteiger partial charge in [-0.3, -0.25) is 0 Å². The van der Waals surface area contributed by atoms with E-state index < -0.39 is 15.8 Å². The van der Waals surface area contributed by atoms with Crippen molar-refractivity contribution in [3.05, 3.63) is 59.4 Å². The quantitative estimate of drug-likeness (QED) is 0.609. The number of likely N-dealkylation sites (tertiary alicyclic amines) is 1. The molecule has 0 unspecified atom stereocenters. The standard InChI is InChI=1S/C26H30FN3O3S.ClH/c27-21-4-8-23(9-5-21)34(31,32)29-22-6-1-18(2-7-22)11-12-30-15-20-17-33-26-10-3-19(14-28)13-24(26)25(20)16-30;/h3-5,8-10,13,18,20,22,25,29H,1-2,6-7,11-12,15-17H2;1H/t18?,20-,22?,25+;/m0./s1. The molecule has 2 aliphatic heterocycles. The van der Waals surface area contributed by atoms with Crippen LogP contribution in [0.25, 0.3) is 0 Å². The van der Waals surface area contributed by atoms with Crippen LogP contribution in [0.1, 0.15) is 49.1 Å². The predicted molar refractivity (Wildman–Crippen MR) is 134 cm³/mol. The van der Waals surface area contributed by atoms with Gasteiger partial charge >= 0.3 is 0 Å². The van der Waals surface area contributed by atoms with Crippen molar-refractivity contribution in [1.29, 1.82) is 5.26 Å². The number of nitrogens with one attached hydrogen (secondary N) is 1. The lowest BCUT2D eigenvalue weighted by Crippen LogP contribution is -2.38. The van der Waals surface area contributed by atoms with E-state index in [4.69, 9.17) is 4.74 Å². The maximum absolute atomic E-state index is 13.1. The number of benzene rings is 2. The molecule has 6 nitrogen and oxygen atoms in total. The summed E-state index contributed by atoms with van der Waals surface area (Å²) in [5, 5.41) is 9.26. The number of hydrogen-bond donors (Lipinski definition) is 1. The average Bonchev–Trinajstić information content (AvgIpc) is 3.27. The Hall–Kier alpha value is -2.18. The molecule has 1 saturated heterocycles. The molecule has 2 heterocycles. The van der Waals surface area contributed by atoms with E-state index in [9.17, 15) is 18.1 Å². The van der Waals surface area contributed by atoms with Crippen LogP contribution in [-0.4, -0.2) is 45.6 Å². The van der Waals surface area contributed by atoms with E-state index >= 15 is 0 Å². The molecule has 188 valence electrons. The first-order chi connectivity index (χ1) is 16.4. The fraction of sp³-hybridized carbons (Fsp3) is 0.500. The minimum absolute atomic E-state index is 0. The van der Waals surface area contributed by atoms with Crippen LogP contribution in [0.15, 0.2) is 47.4 Å². The van der Waals surface area contributed by atoms with Crippen molar-refractivity contribution in [1.82, 2.24) is 9.62 Å². The molecule has 2 aromatic carbocycles. The zero-order valence-electron chi connectivity index (χ0n) is 19.5. The molecule has 0 bridgehead atoms. The maximum atomic E-state index is 13.1. The van der Waals surface area contributed by atoms with Gasteiger partial charge in [0, 0.05) is 36.5 Å². The van der Waals surface area contributed by atoms with Crippen molar-refractivity contribution in [2.75, 3.05) is 26.2 Å². The second kappa shape index (κ2) is 10.8. The van der Waals surface area contributed by atoms with Gasteiger partial charge in [-0.1, -0.05) is 0 Å². The van der Waals surface area contributed by atoms with E-state index in [-0.39, 0.29) is 23.3 Å². The van der Waals surface area contributed by atoms with Crippen LogP contribution < -0.4 is 9.46 Å². The molecule has 0 amide bonds. The molecule has 3 aliphatic rings. The summed E-state index contributed by atoms with van der Waals surface area (Å²) in [6.45, 7) is 3.80. The van der Waals surface area contributed by atoms with Crippen LogP contribution in [0.4, 0.5) is 4.39 Å². The lowest BCUT2D eigenvalue weighted by atomic mass is 9.84. The van der Waals surface area contributed by atoms with Gasteiger partial charge in [-0.25, -0.2) is 17.5 Å². The van der Waals surface area contributed by atoms with Gasteiger partial charge in [0.25, 0.3) is 0 Å². The fourth-order valence-corrected chi connectivity index (χ4v) is 7.04. The van der Waals surface area contributed by atoms with Gasteiger partial charge in [0.05, 0.1) is 23.1 Å². The number of fused-ring (bicyclic) bond motifs is 3. The molecular formula is C26H31ClFN3O3S. The van der Waals surface area contributed by atoms with E-state index in [1.54, 1.807) is 0 Å². The van der Waals surface area contributed by atoms with Crippen molar-refractivity contribution in [2.24, 2.45) is 11.8 Å². The van der Waals surface area contributed by atoms with Gasteiger partial charge in [-0.05, 0) is 87.0 Å². The monoisotopic (exact) mass is 519 g/mol. The molecule has 2 atom stereocenters. The van der Waals surface area contributed by atoms with E-state index in [1.807, 2.05) is 18.2 Å². The Morgan fingerprint density at radius 1 is 1.09 bits per heavy atom. The summed E-state index contributed by atoms with van der Waals surface area (Å²) in [6.07, 6.45) is 4.79. The lowest BCUT2D eigenvalue weighted by Gasteiger charge is -2.30. The molecule has 1 N–H and O–H groups in total. The first kappa shape index (κ1) is 25.9. The number of hydrogen-bond acceptors (Lipinski definition) is 5. The summed E-state index contributed by atoms with van der Waals surface area (Å²) in [5.41, 5.74) is 1.86. The second-order valence-corrected chi connectivity index (χ2v) is 11.6. The molecule has 1 aliphatic carbocycles. The van der Waals surface area contributed by atoms with Gasteiger partial charge in [-0.15, -0.1) is 12.4 Å². The van der Waals surface area contributed by atoms with Crippen LogP contribution in [0.5, 0.6) is 5.75 Å². The second-order valence-electron chi connectivity index (χ2n) is 9.88. The van der Waals surface area contributed by atoms with Crippen molar-refractivity contribution in [2.45, 2.75) is 49.0 Å². The van der Waals surface area contributed by atoms with Crippen molar-refractivity contribution < 1.29 is 17.5 Å². The first-order valence-corrected chi connectivity index (χ1v) is 13.6. The predicted octanol–water partition coefficient (Wildman–Crippen LogP) is 4.45. The van der Waals surface area contributed by atoms with E-state index in [0.29, 0.717) is 23.3 Å². The topological polar surface area (TPSA) is 82.4 Å². The molecule has 35 heavy (non-hydrogen) atoms. The number of sulfonamides is 1. The lowest BCUT2D eigenvalue weighted by molar-refractivity contribution is 0.208. The zero-order chi connectivity index (χ0) is 23.7. The Morgan fingerprint density at radius 2 is 1.83 bits per heavy atom. The number of halogens is 2. The summed E-state index contributed by atoms with van der Waals surface area (Å²) >= 11 is 0. The normalized spacial score (nSPS) is 26.1. The summed E-state index contributed by atoms with van der Waals surface area (Å²) < 4.78 is 47.0. The Labute approximate surface area is 212 Å². The number of ether oxygens (including phenoxy) is 1. The third-order valence-corrected chi connectivity index (χ3v) is 9.19. The van der Waals surface area contributed by atoms with Gasteiger partial charge in [0.2, 0.25) is 10.0 Å². The molecule has 1 saturated carbocycles. The first-order valence-electron chi connectivity index (χ1n) is 12.1. The third kappa shape index (κ3) is 5.80. The maximum Gasteiger partial charge on any atom is 0.240 e. The van der Waals surface area contributed by atoms with Gasteiger partial charge in [0.15, 0.2) is 0 Å². The summed E-state index contributed by atoms with van der Waals surface area (Å²) in [7, 11) is -3.62. The van der Waals surface area contributed by atoms with E-state index in [1.165, 1.54) is 29.8 Å². The van der Waals surface area contributed by atoms with E-state index in [2.05, 4.69) is 15.7 Å². The smallest absolute Gasteiger partial charge is 0.240 e. The number of nitrogens with zero attached hydrogens (tertiary/aromatic N) is 2. The fourth-order valence-electron chi connectivity index (χ4n) is 5.74. The zero-order valence-corrected chi connectivity index (χ0v) is 21.2. The van der Waals surface area contributed by atoms with E-state index in [0.717, 1.165) is 64.1 Å². The van der Waals surface area contributed by atoms with Crippen molar-refractivity contribution in [3.8, 4) is 11.8 Å². The summed E-state index contributed by atoms with van der Waals surface area (Å²) in [5.74, 6) is 1.97. The number of rotatable bonds is 6. The van der Waals surface area contributed by atoms with Crippen molar-refractivity contribution >= 4 is 22.4 Å². The Kier molecular flexibility index (Phi) is 8.02. The van der Waals surface area contributed by atoms with Crippen molar-refractivity contribution in [3.63, 3.8) is 0 Å². The molecule has 0 aromatic heterocycles. The molecule has 5 rings (SSSR count). The highest BCUT2D eigenvalue weighted by molar-refractivity contribution is 7.89. The molecule has 9 heteroatoms. The van der Waals surface area contributed by atoms with Gasteiger partial charge < -0.3 is 9.64 Å². The Bertz CT molecular complexity index is 1180. The Morgan fingerprint density at radius 3 is 2.54 bits per heavy atom. The highest BCUT2D eigenvalue weighted by atomic mass is 35.5. The minimum atomic E-state index is -3.62. The summed E-state index contributed by atoms with van der Waals surface area (Å²) in [6, 6.07) is 12.9. The third-order valence-electron chi connectivity index (χ3n) is 7.65. The van der Waals surface area contributed by atoms with Gasteiger partial charge in [-0.2, -0.15) is 5.26 Å². The minimum Gasteiger partial charge on any atom is -0.493 e. The molecule has 0 spiro atoms. The Balaban J connectivity index is 0.00000289. The van der Waals surface area contributed by atoms with Crippen LogP contribution in [0, 0.1) is 29.0 Å². The summed E-state index contributed by atoms with van der Waals surface area (Å²) in [4.78, 5) is 2.63.